The maximum atomic E-state index is 12.7. The van der Waals surface area contributed by atoms with Gasteiger partial charge in [-0.15, -0.1) is 0 Å². The Kier molecular flexibility index (Phi) is 3.99. The summed E-state index contributed by atoms with van der Waals surface area (Å²) < 4.78 is 0. The zero-order valence-corrected chi connectivity index (χ0v) is 14.5. The number of H-pyrrole nitrogens is 1. The second-order valence-corrected chi connectivity index (χ2v) is 7.00. The van der Waals surface area contributed by atoms with Gasteiger partial charge in [-0.1, -0.05) is 35.3 Å². The molecule has 5 heteroatoms. The van der Waals surface area contributed by atoms with Crippen LogP contribution in [0.2, 0.25) is 10.0 Å². The molecule has 24 heavy (non-hydrogen) atoms. The number of aromatic nitrogens is 1. The minimum absolute atomic E-state index is 0.169. The van der Waals surface area contributed by atoms with Crippen LogP contribution in [-0.2, 0) is 12.8 Å². The van der Waals surface area contributed by atoms with Gasteiger partial charge in [0.2, 0.25) is 0 Å². The van der Waals surface area contributed by atoms with Gasteiger partial charge in [0.1, 0.15) is 0 Å². The summed E-state index contributed by atoms with van der Waals surface area (Å²) in [5.41, 5.74) is 4.76. The molecule has 122 valence electrons. The number of carbonyl (C=O) groups excluding carboxylic acids is 1. The van der Waals surface area contributed by atoms with E-state index in [1.54, 1.807) is 18.2 Å². The van der Waals surface area contributed by atoms with Crippen molar-refractivity contribution in [2.45, 2.75) is 25.7 Å². The van der Waals surface area contributed by atoms with Crippen molar-refractivity contribution < 1.29 is 4.79 Å². The molecule has 3 nitrogen and oxygen atoms in total. The first-order valence-corrected chi connectivity index (χ1v) is 8.77. The van der Waals surface area contributed by atoms with Gasteiger partial charge in [-0.05, 0) is 55.5 Å². The molecule has 0 saturated carbocycles. The minimum Gasteiger partial charge on any atom is -0.358 e. The molecule has 0 atom stereocenters. The Balaban J connectivity index is 1.73. The molecule has 0 fully saturated rings. The van der Waals surface area contributed by atoms with E-state index in [1.807, 2.05) is 12.1 Å². The molecule has 0 saturated heterocycles. The fourth-order valence-electron chi connectivity index (χ4n) is 3.44. The molecule has 1 heterocycles. The van der Waals surface area contributed by atoms with Gasteiger partial charge in [0, 0.05) is 26.8 Å². The summed E-state index contributed by atoms with van der Waals surface area (Å²) in [5.74, 6) is -0.169. The molecule has 0 aliphatic heterocycles. The van der Waals surface area contributed by atoms with E-state index in [0.29, 0.717) is 21.3 Å². The van der Waals surface area contributed by atoms with Crippen molar-refractivity contribution in [2.75, 3.05) is 5.32 Å². The van der Waals surface area contributed by atoms with Gasteiger partial charge in [0.25, 0.3) is 5.91 Å². The molecule has 0 unspecified atom stereocenters. The Morgan fingerprint density at radius 2 is 1.79 bits per heavy atom. The first-order valence-electron chi connectivity index (χ1n) is 8.02. The summed E-state index contributed by atoms with van der Waals surface area (Å²) in [4.78, 5) is 16.2. The molecule has 1 aliphatic carbocycles. The lowest BCUT2D eigenvalue weighted by Gasteiger charge is -2.10. The van der Waals surface area contributed by atoms with Crippen molar-refractivity contribution in [1.82, 2.24) is 4.98 Å². The van der Waals surface area contributed by atoms with Crippen LogP contribution in [0.25, 0.3) is 10.9 Å². The van der Waals surface area contributed by atoms with Crippen molar-refractivity contribution in [3.8, 4) is 0 Å². The first kappa shape index (κ1) is 15.6. The summed E-state index contributed by atoms with van der Waals surface area (Å²) in [7, 11) is 0. The van der Waals surface area contributed by atoms with Crippen LogP contribution in [0.5, 0.6) is 0 Å². The monoisotopic (exact) mass is 358 g/mol. The van der Waals surface area contributed by atoms with E-state index >= 15 is 0 Å². The molecule has 0 spiro atoms. The molecular weight excluding hydrogens is 343 g/mol. The van der Waals surface area contributed by atoms with Gasteiger partial charge in [-0.3, -0.25) is 4.79 Å². The normalized spacial score (nSPS) is 13.8. The van der Waals surface area contributed by atoms with Crippen LogP contribution >= 0.6 is 23.2 Å². The number of benzene rings is 2. The van der Waals surface area contributed by atoms with Crippen molar-refractivity contribution in [3.63, 3.8) is 0 Å². The summed E-state index contributed by atoms with van der Waals surface area (Å²) >= 11 is 12.0. The van der Waals surface area contributed by atoms with Crippen LogP contribution in [0, 0.1) is 0 Å². The molecular formula is C19H16Cl2N2O. The highest BCUT2D eigenvalue weighted by Crippen LogP contribution is 2.31. The lowest BCUT2D eigenvalue weighted by Crippen LogP contribution is -2.12. The Morgan fingerprint density at radius 1 is 1.04 bits per heavy atom. The van der Waals surface area contributed by atoms with Crippen molar-refractivity contribution in [1.29, 1.82) is 0 Å². The molecule has 2 aromatic carbocycles. The maximum absolute atomic E-state index is 12.7. The smallest absolute Gasteiger partial charge is 0.257 e. The van der Waals surface area contributed by atoms with E-state index in [0.717, 1.165) is 23.7 Å². The van der Waals surface area contributed by atoms with Gasteiger partial charge in [0.15, 0.2) is 0 Å². The highest BCUT2D eigenvalue weighted by atomic mass is 35.5. The van der Waals surface area contributed by atoms with Crippen LogP contribution in [0.4, 0.5) is 5.69 Å². The van der Waals surface area contributed by atoms with Gasteiger partial charge < -0.3 is 10.3 Å². The van der Waals surface area contributed by atoms with Gasteiger partial charge in [-0.2, -0.15) is 0 Å². The van der Waals surface area contributed by atoms with E-state index in [1.165, 1.54) is 24.1 Å². The van der Waals surface area contributed by atoms with E-state index < -0.39 is 0 Å². The number of rotatable bonds is 2. The van der Waals surface area contributed by atoms with E-state index in [-0.39, 0.29) is 5.91 Å². The quantitative estimate of drug-likeness (QED) is 0.614. The van der Waals surface area contributed by atoms with Crippen molar-refractivity contribution in [2.24, 2.45) is 0 Å². The fraction of sp³-hybridized carbons (Fsp3) is 0.211. The summed E-state index contributed by atoms with van der Waals surface area (Å²) in [6, 6.07) is 10.9. The minimum atomic E-state index is -0.169. The highest BCUT2D eigenvalue weighted by molar-refractivity contribution is 6.35. The number of para-hydroxylation sites is 1. The van der Waals surface area contributed by atoms with Crippen LogP contribution in [0.3, 0.4) is 0 Å². The topological polar surface area (TPSA) is 44.9 Å². The molecule has 1 aliphatic rings. The summed E-state index contributed by atoms with van der Waals surface area (Å²) in [6.07, 6.45) is 4.53. The number of hydrogen-bond donors (Lipinski definition) is 2. The van der Waals surface area contributed by atoms with Gasteiger partial charge in [-0.25, -0.2) is 0 Å². The first-order chi connectivity index (χ1) is 11.6. The average molecular weight is 359 g/mol. The zero-order chi connectivity index (χ0) is 16.7. The largest absolute Gasteiger partial charge is 0.358 e. The Labute approximate surface area is 150 Å². The second-order valence-electron chi connectivity index (χ2n) is 6.13. The standard InChI is InChI=1S/C19H16Cl2N2O/c20-11-8-12(21)10-13(9-11)22-19(24)16-6-3-5-15-14-4-1-2-7-17(14)23-18(15)16/h3,5-6,8-10,23H,1-2,4,7H2,(H,22,24). The van der Waals surface area contributed by atoms with Crippen molar-refractivity contribution in [3.05, 3.63) is 63.3 Å². The Hall–Kier alpha value is -1.97. The number of nitrogens with one attached hydrogen (secondary N) is 2. The molecule has 1 aromatic heterocycles. The number of halogens is 2. The molecule has 0 bridgehead atoms. The van der Waals surface area contributed by atoms with E-state index in [4.69, 9.17) is 23.2 Å². The third-order valence-corrected chi connectivity index (χ3v) is 4.93. The average Bonchev–Trinajstić information content (AvgIpc) is 2.92. The lowest BCUT2D eigenvalue weighted by atomic mass is 9.95. The third kappa shape index (κ3) is 2.79. The van der Waals surface area contributed by atoms with Crippen LogP contribution in [0.15, 0.2) is 36.4 Å². The molecule has 4 rings (SSSR count). The number of aryl methyl sites for hydroxylation is 2. The van der Waals surface area contributed by atoms with Crippen LogP contribution < -0.4 is 5.32 Å². The molecule has 0 radical (unpaired) electrons. The van der Waals surface area contributed by atoms with Gasteiger partial charge in [0.05, 0.1) is 11.1 Å². The highest BCUT2D eigenvalue weighted by Gasteiger charge is 2.19. The predicted molar refractivity (Wildman–Crippen MR) is 99.4 cm³/mol. The Bertz CT molecular complexity index is 926. The summed E-state index contributed by atoms with van der Waals surface area (Å²) in [5, 5.41) is 5.02. The number of fused-ring (bicyclic) bond motifs is 3. The number of hydrogen-bond acceptors (Lipinski definition) is 1. The predicted octanol–water partition coefficient (Wildman–Crippen LogP) is 5.61. The lowest BCUT2D eigenvalue weighted by molar-refractivity contribution is 0.102. The fourth-order valence-corrected chi connectivity index (χ4v) is 3.97. The summed E-state index contributed by atoms with van der Waals surface area (Å²) in [6.45, 7) is 0. The van der Waals surface area contributed by atoms with Crippen LogP contribution in [0.1, 0.15) is 34.5 Å². The molecule has 3 aromatic rings. The number of amides is 1. The number of carbonyl (C=O) groups is 1. The third-order valence-electron chi connectivity index (χ3n) is 4.50. The van der Waals surface area contributed by atoms with E-state index in [2.05, 4.69) is 16.4 Å². The maximum Gasteiger partial charge on any atom is 0.257 e. The zero-order valence-electron chi connectivity index (χ0n) is 13.0. The van der Waals surface area contributed by atoms with Gasteiger partial charge >= 0.3 is 0 Å². The number of aromatic amines is 1. The van der Waals surface area contributed by atoms with Crippen molar-refractivity contribution >= 4 is 45.7 Å². The number of anilines is 1. The SMILES string of the molecule is O=C(Nc1cc(Cl)cc(Cl)c1)c1cccc2c3c([nH]c12)CCCC3. The second kappa shape index (κ2) is 6.15. The van der Waals surface area contributed by atoms with E-state index in [9.17, 15) is 4.79 Å². The molecule has 1 amide bonds. The van der Waals surface area contributed by atoms with Crippen LogP contribution in [-0.4, -0.2) is 10.9 Å². The molecule has 2 N–H and O–H groups in total. The Morgan fingerprint density at radius 3 is 2.58 bits per heavy atom.